The first kappa shape index (κ1) is 34.6. The van der Waals surface area contributed by atoms with E-state index in [0.717, 1.165) is 96.2 Å². The molecule has 1 aliphatic rings. The molecule has 0 unspecified atom stereocenters. The lowest BCUT2D eigenvalue weighted by Crippen LogP contribution is -2.14. The van der Waals surface area contributed by atoms with Crippen LogP contribution in [0.15, 0.2) is 59.5 Å². The highest BCUT2D eigenvalue weighted by Crippen LogP contribution is 2.42. The molecule has 6 bridgehead atoms. The number of aromatic nitrogens is 5. The van der Waals surface area contributed by atoms with E-state index in [-0.39, 0.29) is 5.97 Å². The van der Waals surface area contributed by atoms with Gasteiger partial charge in [0.2, 0.25) is 0 Å². The second-order valence-corrected chi connectivity index (χ2v) is 15.5. The van der Waals surface area contributed by atoms with Gasteiger partial charge in [-0.05, 0) is 79.8 Å². The van der Waals surface area contributed by atoms with E-state index in [1.54, 1.807) is 11.8 Å². The zero-order valence-corrected chi connectivity index (χ0v) is 31.6. The van der Waals surface area contributed by atoms with Gasteiger partial charge in [0, 0.05) is 71.0 Å². The van der Waals surface area contributed by atoms with E-state index in [4.69, 9.17) is 31.3 Å². The standard InChI is InChI=1S/C39H42ClN5O3S2/c1-24-35(25(2)43(3)41-24)36-33(40)14-13-32-31-12-8-17-48-34-22-29(20-26-10-6-7-11-30(26)34)50-23-28-21-27(42-44(28)4)15-19-49-18-9-16-45(37(32)36)38(31)39(46)47-5/h6-7,10-11,13-14,20-22H,8-9,12,15-19,23H2,1-5H3. The van der Waals surface area contributed by atoms with Gasteiger partial charge in [0.1, 0.15) is 11.4 Å². The van der Waals surface area contributed by atoms with Crippen LogP contribution in [0.3, 0.4) is 0 Å². The molecule has 0 aliphatic carbocycles. The van der Waals surface area contributed by atoms with Gasteiger partial charge >= 0.3 is 5.97 Å². The van der Waals surface area contributed by atoms with Crippen LogP contribution in [-0.2, 0) is 44.0 Å². The first-order valence-corrected chi connectivity index (χ1v) is 19.6. The van der Waals surface area contributed by atoms with Crippen molar-refractivity contribution in [3.63, 3.8) is 0 Å². The highest BCUT2D eigenvalue weighted by Gasteiger charge is 2.28. The lowest BCUT2D eigenvalue weighted by atomic mass is 9.98. The Balaban J connectivity index is 1.32. The Bertz CT molecular complexity index is 2220. The summed E-state index contributed by atoms with van der Waals surface area (Å²) in [6.45, 7) is 5.23. The summed E-state index contributed by atoms with van der Waals surface area (Å²) in [7, 11) is 5.44. The number of carbonyl (C=O) groups is 1. The summed E-state index contributed by atoms with van der Waals surface area (Å²) in [4.78, 5) is 14.9. The monoisotopic (exact) mass is 727 g/mol. The lowest BCUT2D eigenvalue weighted by Gasteiger charge is -2.14. The molecule has 7 rings (SSSR count). The molecule has 4 heterocycles. The second-order valence-electron chi connectivity index (χ2n) is 12.8. The van der Waals surface area contributed by atoms with Gasteiger partial charge in [-0.15, -0.1) is 11.8 Å². The number of thioether (sulfide) groups is 2. The van der Waals surface area contributed by atoms with Crippen molar-refractivity contribution in [2.24, 2.45) is 14.1 Å². The van der Waals surface area contributed by atoms with E-state index in [1.807, 2.05) is 48.2 Å². The Kier molecular flexibility index (Phi) is 10.2. The molecular formula is C39H42ClN5O3S2. The molecule has 1 aliphatic heterocycles. The number of methoxy groups -OCH3 is 1. The van der Waals surface area contributed by atoms with Gasteiger partial charge in [-0.25, -0.2) is 4.79 Å². The number of carbonyl (C=O) groups excluding carboxylic acids is 1. The number of halogens is 1. The summed E-state index contributed by atoms with van der Waals surface area (Å²) in [5.74, 6) is 3.28. The molecule has 3 aromatic heterocycles. The molecular weight excluding hydrogens is 686 g/mol. The molecule has 0 fully saturated rings. The quantitative estimate of drug-likeness (QED) is 0.165. The third-order valence-electron chi connectivity index (χ3n) is 9.63. The maximum atomic E-state index is 13.7. The molecule has 0 spiro atoms. The number of ether oxygens (including phenoxy) is 2. The third-order valence-corrected chi connectivity index (χ3v) is 12.0. The Morgan fingerprint density at radius 1 is 0.940 bits per heavy atom. The van der Waals surface area contributed by atoms with Crippen LogP contribution in [-0.4, -0.2) is 55.3 Å². The summed E-state index contributed by atoms with van der Waals surface area (Å²) in [6.07, 6.45) is 3.14. The Labute approximate surface area is 306 Å². The van der Waals surface area contributed by atoms with Gasteiger partial charge in [0.05, 0.1) is 35.6 Å². The molecule has 0 amide bonds. The van der Waals surface area contributed by atoms with Crippen LogP contribution in [0, 0.1) is 13.8 Å². The van der Waals surface area contributed by atoms with E-state index < -0.39 is 0 Å². The summed E-state index contributed by atoms with van der Waals surface area (Å²) in [5, 5.41) is 13.4. The number of aryl methyl sites for hydroxylation is 6. The largest absolute Gasteiger partial charge is 0.493 e. The zero-order valence-electron chi connectivity index (χ0n) is 29.2. The number of benzene rings is 3. The number of rotatable bonds is 2. The summed E-state index contributed by atoms with van der Waals surface area (Å²) < 4.78 is 18.1. The molecule has 50 heavy (non-hydrogen) atoms. The number of hydrogen-bond donors (Lipinski definition) is 0. The van der Waals surface area contributed by atoms with E-state index in [0.29, 0.717) is 36.7 Å². The highest BCUT2D eigenvalue weighted by atomic mass is 35.5. The van der Waals surface area contributed by atoms with Crippen molar-refractivity contribution < 1.29 is 14.3 Å². The van der Waals surface area contributed by atoms with Crippen LogP contribution >= 0.6 is 35.1 Å². The van der Waals surface area contributed by atoms with Crippen molar-refractivity contribution >= 4 is 62.8 Å². The average Bonchev–Trinajstić information content (AvgIpc) is 3.71. The van der Waals surface area contributed by atoms with E-state index in [9.17, 15) is 4.79 Å². The Morgan fingerprint density at radius 2 is 1.78 bits per heavy atom. The molecule has 0 radical (unpaired) electrons. The average molecular weight is 728 g/mol. The maximum absolute atomic E-state index is 13.7. The van der Waals surface area contributed by atoms with Crippen LogP contribution in [0.1, 0.15) is 51.7 Å². The molecule has 11 heteroatoms. The predicted molar refractivity (Wildman–Crippen MR) is 206 cm³/mol. The minimum Gasteiger partial charge on any atom is -0.493 e. The fourth-order valence-corrected chi connectivity index (χ4v) is 9.27. The number of esters is 1. The minimum atomic E-state index is -0.341. The molecule has 260 valence electrons. The first-order chi connectivity index (χ1) is 24.2. The van der Waals surface area contributed by atoms with Gasteiger partial charge in [-0.2, -0.15) is 22.0 Å². The molecule has 6 aromatic rings. The lowest BCUT2D eigenvalue weighted by molar-refractivity contribution is 0.0587. The number of hydrogen-bond acceptors (Lipinski definition) is 7. The van der Waals surface area contributed by atoms with Crippen molar-refractivity contribution in [1.82, 2.24) is 24.1 Å². The predicted octanol–water partition coefficient (Wildman–Crippen LogP) is 8.97. The smallest absolute Gasteiger partial charge is 0.354 e. The van der Waals surface area contributed by atoms with Crippen molar-refractivity contribution in [3.8, 4) is 16.9 Å². The zero-order chi connectivity index (χ0) is 34.9. The van der Waals surface area contributed by atoms with Crippen LogP contribution in [0.5, 0.6) is 5.75 Å². The summed E-state index contributed by atoms with van der Waals surface area (Å²) in [6, 6.07) is 19.0. The van der Waals surface area contributed by atoms with Gasteiger partial charge in [0.25, 0.3) is 0 Å². The molecule has 3 aromatic carbocycles. The van der Waals surface area contributed by atoms with Crippen LogP contribution in [0.25, 0.3) is 32.8 Å². The van der Waals surface area contributed by atoms with Crippen LogP contribution < -0.4 is 4.74 Å². The molecule has 0 saturated carbocycles. The van der Waals surface area contributed by atoms with Gasteiger partial charge in [-0.1, -0.05) is 41.9 Å². The molecule has 0 atom stereocenters. The maximum Gasteiger partial charge on any atom is 0.354 e. The van der Waals surface area contributed by atoms with E-state index in [2.05, 4.69) is 60.0 Å². The Morgan fingerprint density at radius 3 is 2.58 bits per heavy atom. The van der Waals surface area contributed by atoms with E-state index in [1.165, 1.54) is 12.8 Å². The topological polar surface area (TPSA) is 76.1 Å². The van der Waals surface area contributed by atoms with Crippen molar-refractivity contribution in [1.29, 1.82) is 0 Å². The van der Waals surface area contributed by atoms with Gasteiger partial charge in [-0.3, -0.25) is 9.36 Å². The Hall–Kier alpha value is -3.86. The van der Waals surface area contributed by atoms with Crippen LogP contribution in [0.2, 0.25) is 5.02 Å². The van der Waals surface area contributed by atoms with Crippen molar-refractivity contribution in [2.45, 2.75) is 56.7 Å². The number of nitrogens with zero attached hydrogens (tertiary/aromatic N) is 5. The molecule has 0 N–H and O–H groups in total. The van der Waals surface area contributed by atoms with E-state index >= 15 is 0 Å². The van der Waals surface area contributed by atoms with Gasteiger partial charge < -0.3 is 14.0 Å². The first-order valence-electron chi connectivity index (χ1n) is 17.1. The van der Waals surface area contributed by atoms with Crippen molar-refractivity contribution in [3.05, 3.63) is 93.7 Å². The summed E-state index contributed by atoms with van der Waals surface area (Å²) in [5.41, 5.74) is 8.66. The SMILES string of the molecule is COC(=O)c1c2c3ccc(Cl)c(-c4c(C)nn(C)c4C)c3n1CCCSCCc1cc(n(C)n1)CSc1cc(c3ccccc3c1)OCCC2. The minimum absolute atomic E-state index is 0.341. The number of fused-ring (bicyclic) bond motifs is 11. The highest BCUT2D eigenvalue weighted by molar-refractivity contribution is 7.99. The fourth-order valence-electron chi connectivity index (χ4n) is 7.15. The van der Waals surface area contributed by atoms with Gasteiger partial charge in [0.15, 0.2) is 0 Å². The summed E-state index contributed by atoms with van der Waals surface area (Å²) >= 11 is 10.8. The fraction of sp³-hybridized carbons (Fsp3) is 0.359. The van der Waals surface area contributed by atoms with Crippen molar-refractivity contribution in [2.75, 3.05) is 25.2 Å². The molecule has 0 saturated heterocycles. The second kappa shape index (κ2) is 14.8. The molecule has 8 nitrogen and oxygen atoms in total. The third kappa shape index (κ3) is 6.65. The van der Waals surface area contributed by atoms with Crippen LogP contribution in [0.4, 0.5) is 0 Å². The normalized spacial score (nSPS) is 14.8.